The number of hydrogen-bond acceptors (Lipinski definition) is 5. The summed E-state index contributed by atoms with van der Waals surface area (Å²) < 4.78 is 11.2. The van der Waals surface area contributed by atoms with Crippen LogP contribution in [0.4, 0.5) is 5.69 Å². The third kappa shape index (κ3) is 4.27. The second-order valence-corrected chi connectivity index (χ2v) is 6.68. The summed E-state index contributed by atoms with van der Waals surface area (Å²) >= 11 is 15.0. The molecule has 0 unspecified atom stereocenters. The van der Waals surface area contributed by atoms with E-state index in [1.54, 1.807) is 12.1 Å². The number of halogens is 3. The van der Waals surface area contributed by atoms with Crippen LogP contribution in [-0.2, 0) is 9.59 Å². The summed E-state index contributed by atoms with van der Waals surface area (Å²) in [4.78, 5) is 23.7. The highest BCUT2D eigenvalue weighted by molar-refractivity contribution is 9.10. The van der Waals surface area contributed by atoms with E-state index in [0.717, 1.165) is 0 Å². The van der Waals surface area contributed by atoms with Crippen molar-refractivity contribution in [2.45, 2.75) is 0 Å². The van der Waals surface area contributed by atoms with Crippen molar-refractivity contribution in [2.75, 3.05) is 12.1 Å². The first kappa shape index (κ1) is 18.5. The molecule has 7 nitrogen and oxygen atoms in total. The van der Waals surface area contributed by atoms with Gasteiger partial charge in [-0.3, -0.25) is 9.59 Å². The molecule has 1 aliphatic rings. The minimum absolute atomic E-state index is 0.147. The number of carbonyl (C=O) groups excluding carboxylic acids is 2. The van der Waals surface area contributed by atoms with E-state index in [1.807, 2.05) is 0 Å². The molecule has 2 aromatic rings. The van der Waals surface area contributed by atoms with Crippen LogP contribution in [0.5, 0.6) is 11.5 Å². The van der Waals surface area contributed by atoms with Gasteiger partial charge in [-0.25, -0.2) is 5.43 Å². The zero-order valence-corrected chi connectivity index (χ0v) is 16.0. The highest BCUT2D eigenvalue weighted by Gasteiger charge is 2.16. The Kier molecular flexibility index (Phi) is 5.65. The van der Waals surface area contributed by atoms with Crippen LogP contribution in [-0.4, -0.2) is 24.8 Å². The summed E-state index contributed by atoms with van der Waals surface area (Å²) in [6.07, 6.45) is 1.37. The lowest BCUT2D eigenvalue weighted by Crippen LogP contribution is -2.32. The number of nitrogens with zero attached hydrogens (tertiary/aromatic N) is 1. The first-order valence-electron chi connectivity index (χ1n) is 7.12. The van der Waals surface area contributed by atoms with Crippen LogP contribution in [0.25, 0.3) is 0 Å². The van der Waals surface area contributed by atoms with E-state index in [9.17, 15) is 9.59 Å². The van der Waals surface area contributed by atoms with E-state index >= 15 is 0 Å². The molecule has 3 rings (SSSR count). The second kappa shape index (κ2) is 7.94. The van der Waals surface area contributed by atoms with Gasteiger partial charge in [0.15, 0.2) is 11.5 Å². The number of carbonyl (C=O) groups is 2. The molecule has 1 aliphatic heterocycles. The first-order chi connectivity index (χ1) is 12.4. The van der Waals surface area contributed by atoms with Crippen molar-refractivity contribution >= 4 is 62.8 Å². The number of amides is 2. The average molecular weight is 459 g/mol. The number of nitrogens with one attached hydrogen (secondary N) is 2. The van der Waals surface area contributed by atoms with E-state index in [1.165, 1.54) is 24.4 Å². The van der Waals surface area contributed by atoms with Crippen LogP contribution in [0, 0.1) is 0 Å². The fraction of sp³-hybridized carbons (Fsp3) is 0.0625. The van der Waals surface area contributed by atoms with Gasteiger partial charge in [0, 0.05) is 15.7 Å². The predicted octanol–water partition coefficient (Wildman–Crippen LogP) is 3.57. The fourth-order valence-electron chi connectivity index (χ4n) is 2.00. The molecule has 134 valence electrons. The van der Waals surface area contributed by atoms with Crippen molar-refractivity contribution in [3.05, 3.63) is 50.4 Å². The monoisotopic (exact) mass is 457 g/mol. The number of fused-ring (bicyclic) bond motifs is 1. The lowest BCUT2D eigenvalue weighted by atomic mass is 10.2. The Hall–Kier alpha value is -2.29. The number of ether oxygens (including phenoxy) is 2. The molecule has 0 fully saturated rings. The van der Waals surface area contributed by atoms with Gasteiger partial charge in [-0.2, -0.15) is 5.10 Å². The summed E-state index contributed by atoms with van der Waals surface area (Å²) in [5.74, 6) is -0.660. The van der Waals surface area contributed by atoms with Crippen molar-refractivity contribution < 1.29 is 19.1 Å². The maximum absolute atomic E-state index is 11.9. The van der Waals surface area contributed by atoms with Gasteiger partial charge < -0.3 is 14.8 Å². The van der Waals surface area contributed by atoms with Crippen LogP contribution < -0.4 is 20.2 Å². The molecular weight excluding hydrogens is 449 g/mol. The summed E-state index contributed by atoms with van der Waals surface area (Å²) in [6, 6.07) is 7.88. The summed E-state index contributed by atoms with van der Waals surface area (Å²) in [5, 5.41) is 6.75. The maximum atomic E-state index is 11.9. The van der Waals surface area contributed by atoms with Crippen molar-refractivity contribution in [1.29, 1.82) is 0 Å². The number of anilines is 1. The van der Waals surface area contributed by atoms with E-state index in [0.29, 0.717) is 32.2 Å². The van der Waals surface area contributed by atoms with Crippen LogP contribution >= 0.6 is 39.1 Å². The van der Waals surface area contributed by atoms with E-state index in [4.69, 9.17) is 32.7 Å². The standard InChI is InChI=1S/C16H10BrCl2N3O4/c17-10-5-14-13(25-7-26-14)3-8(10)6-20-22-16(24)15(23)21-9-1-2-11(18)12(19)4-9/h1-6H,7H2,(H,21,23)(H,22,24)/b20-6-. The molecule has 0 aromatic heterocycles. The predicted molar refractivity (Wildman–Crippen MR) is 101 cm³/mol. The van der Waals surface area contributed by atoms with Crippen molar-refractivity contribution in [3.63, 3.8) is 0 Å². The fourth-order valence-corrected chi connectivity index (χ4v) is 2.73. The Balaban J connectivity index is 1.60. The van der Waals surface area contributed by atoms with Crippen LogP contribution in [0.15, 0.2) is 39.9 Å². The van der Waals surface area contributed by atoms with Gasteiger partial charge >= 0.3 is 11.8 Å². The van der Waals surface area contributed by atoms with Gasteiger partial charge in [-0.15, -0.1) is 0 Å². The quantitative estimate of drug-likeness (QED) is 0.418. The summed E-state index contributed by atoms with van der Waals surface area (Å²) in [5.41, 5.74) is 3.11. The van der Waals surface area contributed by atoms with Crippen LogP contribution in [0.1, 0.15) is 5.56 Å². The summed E-state index contributed by atoms with van der Waals surface area (Å²) in [6.45, 7) is 0.147. The number of rotatable bonds is 3. The lowest BCUT2D eigenvalue weighted by Gasteiger charge is -2.05. The van der Waals surface area contributed by atoms with Gasteiger partial charge in [0.1, 0.15) is 0 Å². The lowest BCUT2D eigenvalue weighted by molar-refractivity contribution is -0.136. The topological polar surface area (TPSA) is 89.0 Å². The molecule has 10 heteroatoms. The Labute approximate surface area is 166 Å². The molecule has 0 saturated carbocycles. The molecule has 2 aromatic carbocycles. The molecule has 2 N–H and O–H groups in total. The second-order valence-electron chi connectivity index (χ2n) is 5.01. The van der Waals surface area contributed by atoms with Gasteiger partial charge in [0.25, 0.3) is 0 Å². The molecule has 0 aliphatic carbocycles. The third-order valence-electron chi connectivity index (χ3n) is 3.25. The number of hydrogen-bond donors (Lipinski definition) is 2. The Morgan fingerprint density at radius 3 is 2.54 bits per heavy atom. The normalized spacial score (nSPS) is 12.3. The number of hydrazone groups is 1. The average Bonchev–Trinajstić information content (AvgIpc) is 3.05. The Morgan fingerprint density at radius 2 is 1.81 bits per heavy atom. The van der Waals surface area contributed by atoms with Crippen molar-refractivity contribution in [1.82, 2.24) is 5.43 Å². The van der Waals surface area contributed by atoms with Gasteiger partial charge in [-0.05, 0) is 46.3 Å². The summed E-state index contributed by atoms with van der Waals surface area (Å²) in [7, 11) is 0. The molecule has 0 radical (unpaired) electrons. The zero-order chi connectivity index (χ0) is 18.7. The van der Waals surface area contributed by atoms with Crippen LogP contribution in [0.3, 0.4) is 0 Å². The highest BCUT2D eigenvalue weighted by Crippen LogP contribution is 2.36. The smallest absolute Gasteiger partial charge is 0.329 e. The minimum atomic E-state index is -0.941. The SMILES string of the molecule is O=C(N/N=C\c1cc2c(cc1Br)OCO2)C(=O)Nc1ccc(Cl)c(Cl)c1. The van der Waals surface area contributed by atoms with Gasteiger partial charge in [0.05, 0.1) is 16.3 Å². The molecule has 0 atom stereocenters. The van der Waals surface area contributed by atoms with E-state index in [2.05, 4.69) is 31.8 Å². The molecule has 0 spiro atoms. The molecule has 26 heavy (non-hydrogen) atoms. The molecule has 0 bridgehead atoms. The third-order valence-corrected chi connectivity index (χ3v) is 4.67. The molecule has 2 amide bonds. The van der Waals surface area contributed by atoms with E-state index < -0.39 is 11.8 Å². The van der Waals surface area contributed by atoms with Crippen molar-refractivity contribution in [2.24, 2.45) is 5.10 Å². The Bertz CT molecular complexity index is 921. The maximum Gasteiger partial charge on any atom is 0.329 e. The highest BCUT2D eigenvalue weighted by atomic mass is 79.9. The minimum Gasteiger partial charge on any atom is -0.454 e. The van der Waals surface area contributed by atoms with Gasteiger partial charge in [-0.1, -0.05) is 23.2 Å². The Morgan fingerprint density at radius 1 is 1.08 bits per heavy atom. The first-order valence-corrected chi connectivity index (χ1v) is 8.67. The number of benzene rings is 2. The van der Waals surface area contributed by atoms with Crippen molar-refractivity contribution in [3.8, 4) is 11.5 Å². The van der Waals surface area contributed by atoms with Gasteiger partial charge in [0.2, 0.25) is 6.79 Å². The molecule has 0 saturated heterocycles. The largest absolute Gasteiger partial charge is 0.454 e. The van der Waals surface area contributed by atoms with E-state index in [-0.39, 0.29) is 11.8 Å². The van der Waals surface area contributed by atoms with Crippen LogP contribution in [0.2, 0.25) is 10.0 Å². The molecule has 1 heterocycles. The zero-order valence-electron chi connectivity index (χ0n) is 12.9. The molecular formula is C16H10BrCl2N3O4.